The molecule has 0 saturated heterocycles. The molecule has 1 aromatic carbocycles. The molecular formula is C14H16N2O. The first kappa shape index (κ1) is 10.4. The minimum Gasteiger partial charge on any atom is -0.351 e. The lowest BCUT2D eigenvalue weighted by Gasteiger charge is -2.08. The van der Waals surface area contributed by atoms with Crippen LogP contribution in [-0.2, 0) is 0 Å². The summed E-state index contributed by atoms with van der Waals surface area (Å²) < 4.78 is 0. The molecule has 0 aliphatic heterocycles. The number of carbonyl (C=O) groups is 1. The van der Waals surface area contributed by atoms with Gasteiger partial charge >= 0.3 is 0 Å². The lowest BCUT2D eigenvalue weighted by atomic mass is 10.1. The number of aromatic amines is 1. The standard InChI is InChI=1S/C14H16N2O/c1-14(6-7-14)9-15-13(17)12-8-10-4-2-3-5-11(10)16-12/h2-5,8,16H,6-7,9H2,1H3,(H,15,17). The van der Waals surface area contributed by atoms with Crippen LogP contribution in [0, 0.1) is 5.41 Å². The summed E-state index contributed by atoms with van der Waals surface area (Å²) in [6, 6.07) is 9.83. The van der Waals surface area contributed by atoms with Crippen LogP contribution in [0.5, 0.6) is 0 Å². The van der Waals surface area contributed by atoms with Crippen LogP contribution in [0.4, 0.5) is 0 Å². The van der Waals surface area contributed by atoms with Gasteiger partial charge in [0.2, 0.25) is 0 Å². The number of fused-ring (bicyclic) bond motifs is 1. The zero-order valence-corrected chi connectivity index (χ0v) is 9.92. The largest absolute Gasteiger partial charge is 0.351 e. The smallest absolute Gasteiger partial charge is 0.267 e. The molecule has 0 radical (unpaired) electrons. The Morgan fingerprint density at radius 2 is 2.18 bits per heavy atom. The minimum atomic E-state index is -0.00525. The average Bonchev–Trinajstić information content (AvgIpc) is 2.92. The van der Waals surface area contributed by atoms with Crippen molar-refractivity contribution in [3.05, 3.63) is 36.0 Å². The van der Waals surface area contributed by atoms with Crippen molar-refractivity contribution in [2.45, 2.75) is 19.8 Å². The Balaban J connectivity index is 1.76. The molecule has 0 atom stereocenters. The van der Waals surface area contributed by atoms with Crippen LogP contribution in [0.25, 0.3) is 10.9 Å². The number of carbonyl (C=O) groups excluding carboxylic acids is 1. The lowest BCUT2D eigenvalue weighted by Crippen LogP contribution is -2.29. The molecule has 0 bridgehead atoms. The molecule has 3 nitrogen and oxygen atoms in total. The summed E-state index contributed by atoms with van der Waals surface area (Å²) in [6.45, 7) is 2.99. The second kappa shape index (κ2) is 3.62. The topological polar surface area (TPSA) is 44.9 Å². The van der Waals surface area contributed by atoms with Gasteiger partial charge in [-0.3, -0.25) is 4.79 Å². The van der Waals surface area contributed by atoms with E-state index < -0.39 is 0 Å². The zero-order valence-electron chi connectivity index (χ0n) is 9.92. The number of H-pyrrole nitrogens is 1. The summed E-state index contributed by atoms with van der Waals surface area (Å²) in [5.74, 6) is -0.00525. The summed E-state index contributed by atoms with van der Waals surface area (Å²) in [5, 5.41) is 4.07. The van der Waals surface area contributed by atoms with Crippen LogP contribution in [0.1, 0.15) is 30.3 Å². The number of hydrogen-bond acceptors (Lipinski definition) is 1. The van der Waals surface area contributed by atoms with E-state index in [9.17, 15) is 4.79 Å². The Labute approximate surface area is 100 Å². The molecule has 1 amide bonds. The van der Waals surface area contributed by atoms with E-state index in [2.05, 4.69) is 17.2 Å². The zero-order chi connectivity index (χ0) is 11.9. The Bertz CT molecular complexity index is 533. The highest BCUT2D eigenvalue weighted by atomic mass is 16.1. The van der Waals surface area contributed by atoms with Gasteiger partial charge in [0.05, 0.1) is 0 Å². The van der Waals surface area contributed by atoms with Crippen molar-refractivity contribution in [3.8, 4) is 0 Å². The van der Waals surface area contributed by atoms with Crippen molar-refractivity contribution < 1.29 is 4.79 Å². The molecule has 0 spiro atoms. The fourth-order valence-corrected chi connectivity index (χ4v) is 1.97. The van der Waals surface area contributed by atoms with Gasteiger partial charge in [0.25, 0.3) is 5.91 Å². The van der Waals surface area contributed by atoms with E-state index in [1.807, 2.05) is 30.3 Å². The third-order valence-corrected chi connectivity index (χ3v) is 3.55. The predicted molar refractivity (Wildman–Crippen MR) is 68.0 cm³/mol. The highest BCUT2D eigenvalue weighted by Crippen LogP contribution is 2.44. The van der Waals surface area contributed by atoms with Crippen LogP contribution < -0.4 is 5.32 Å². The maximum absolute atomic E-state index is 11.9. The van der Waals surface area contributed by atoms with Crippen LogP contribution in [0.3, 0.4) is 0 Å². The third-order valence-electron chi connectivity index (χ3n) is 3.55. The molecule has 1 aliphatic carbocycles. The van der Waals surface area contributed by atoms with Gasteiger partial charge in [-0.05, 0) is 30.4 Å². The van der Waals surface area contributed by atoms with Gasteiger partial charge in [-0.15, -0.1) is 0 Å². The second-order valence-corrected chi connectivity index (χ2v) is 5.26. The number of para-hydroxylation sites is 1. The lowest BCUT2D eigenvalue weighted by molar-refractivity contribution is 0.0942. The van der Waals surface area contributed by atoms with Crippen molar-refractivity contribution in [1.82, 2.24) is 10.3 Å². The van der Waals surface area contributed by atoms with E-state index in [-0.39, 0.29) is 5.91 Å². The van der Waals surface area contributed by atoms with Gasteiger partial charge in [-0.2, -0.15) is 0 Å². The maximum atomic E-state index is 11.9. The molecule has 2 aromatic rings. The monoisotopic (exact) mass is 228 g/mol. The minimum absolute atomic E-state index is 0.00525. The van der Waals surface area contributed by atoms with E-state index >= 15 is 0 Å². The van der Waals surface area contributed by atoms with E-state index in [4.69, 9.17) is 0 Å². The van der Waals surface area contributed by atoms with E-state index in [0.717, 1.165) is 17.4 Å². The second-order valence-electron chi connectivity index (χ2n) is 5.26. The summed E-state index contributed by atoms with van der Waals surface area (Å²) in [4.78, 5) is 15.1. The Kier molecular flexibility index (Phi) is 2.21. The number of hydrogen-bond donors (Lipinski definition) is 2. The first-order valence-corrected chi connectivity index (χ1v) is 6.02. The molecule has 1 fully saturated rings. The first-order chi connectivity index (χ1) is 8.16. The Morgan fingerprint density at radius 3 is 2.88 bits per heavy atom. The van der Waals surface area contributed by atoms with Crippen molar-refractivity contribution in [2.24, 2.45) is 5.41 Å². The van der Waals surface area contributed by atoms with Crippen LogP contribution in [0.2, 0.25) is 0 Å². The number of aromatic nitrogens is 1. The summed E-state index contributed by atoms with van der Waals surface area (Å²) in [5.41, 5.74) is 2.01. The number of amides is 1. The number of benzene rings is 1. The van der Waals surface area contributed by atoms with Crippen LogP contribution >= 0.6 is 0 Å². The molecule has 2 N–H and O–H groups in total. The molecule has 17 heavy (non-hydrogen) atoms. The van der Waals surface area contributed by atoms with Crippen LogP contribution in [-0.4, -0.2) is 17.4 Å². The molecule has 1 saturated carbocycles. The van der Waals surface area contributed by atoms with Gasteiger partial charge < -0.3 is 10.3 Å². The average molecular weight is 228 g/mol. The maximum Gasteiger partial charge on any atom is 0.267 e. The number of rotatable bonds is 3. The van der Waals surface area contributed by atoms with E-state index in [0.29, 0.717) is 11.1 Å². The molecule has 1 heterocycles. The Morgan fingerprint density at radius 1 is 1.41 bits per heavy atom. The molecule has 3 heteroatoms. The van der Waals surface area contributed by atoms with Gasteiger partial charge in [0.15, 0.2) is 0 Å². The molecule has 1 aliphatic rings. The highest BCUT2D eigenvalue weighted by Gasteiger charge is 2.37. The predicted octanol–water partition coefficient (Wildman–Crippen LogP) is 2.70. The van der Waals surface area contributed by atoms with Crippen molar-refractivity contribution in [1.29, 1.82) is 0 Å². The van der Waals surface area contributed by atoms with Gasteiger partial charge in [-0.1, -0.05) is 25.1 Å². The van der Waals surface area contributed by atoms with Crippen LogP contribution in [0.15, 0.2) is 30.3 Å². The van der Waals surface area contributed by atoms with Crippen molar-refractivity contribution in [3.63, 3.8) is 0 Å². The third kappa shape index (κ3) is 2.05. The Hall–Kier alpha value is -1.77. The summed E-state index contributed by atoms with van der Waals surface area (Å²) in [7, 11) is 0. The molecule has 88 valence electrons. The van der Waals surface area contributed by atoms with Gasteiger partial charge in [0, 0.05) is 17.4 Å². The fourth-order valence-electron chi connectivity index (χ4n) is 1.97. The first-order valence-electron chi connectivity index (χ1n) is 6.02. The van der Waals surface area contributed by atoms with Crippen molar-refractivity contribution >= 4 is 16.8 Å². The highest BCUT2D eigenvalue weighted by molar-refractivity contribution is 5.97. The summed E-state index contributed by atoms with van der Waals surface area (Å²) >= 11 is 0. The normalized spacial score (nSPS) is 17.0. The number of nitrogens with one attached hydrogen (secondary N) is 2. The van der Waals surface area contributed by atoms with E-state index in [1.165, 1.54) is 12.8 Å². The van der Waals surface area contributed by atoms with Gasteiger partial charge in [0.1, 0.15) is 5.69 Å². The quantitative estimate of drug-likeness (QED) is 0.833. The van der Waals surface area contributed by atoms with E-state index in [1.54, 1.807) is 0 Å². The molecule has 1 aromatic heterocycles. The van der Waals surface area contributed by atoms with Gasteiger partial charge in [-0.25, -0.2) is 0 Å². The summed E-state index contributed by atoms with van der Waals surface area (Å²) in [6.07, 6.45) is 2.44. The SMILES string of the molecule is CC1(CNC(=O)c2cc3ccccc3[nH]2)CC1. The molecule has 0 unspecified atom stereocenters. The van der Waals surface area contributed by atoms with Crippen molar-refractivity contribution in [2.75, 3.05) is 6.54 Å². The fraction of sp³-hybridized carbons (Fsp3) is 0.357. The molecular weight excluding hydrogens is 212 g/mol. The molecule has 3 rings (SSSR count).